The minimum atomic E-state index is -0.893. The number of allylic oxidation sites excluding steroid dienone is 1. The van der Waals surface area contributed by atoms with Crippen LogP contribution >= 0.6 is 12.6 Å². The maximum Gasteiger partial charge on any atom is 0.330 e. The van der Waals surface area contributed by atoms with Crippen LogP contribution in [0.4, 0.5) is 17.3 Å². The summed E-state index contributed by atoms with van der Waals surface area (Å²) >= 11 is 4.28. The van der Waals surface area contributed by atoms with Gasteiger partial charge in [-0.3, -0.25) is 9.59 Å². The third-order valence-electron chi connectivity index (χ3n) is 5.92. The molecule has 0 bridgehead atoms. The average molecular weight is 541 g/mol. The molecular formula is C25H32N8O4S. The van der Waals surface area contributed by atoms with Gasteiger partial charge in [-0.05, 0) is 50.1 Å². The third-order valence-corrected chi connectivity index (χ3v) is 6.16. The summed E-state index contributed by atoms with van der Waals surface area (Å²) in [5.74, 6) is -1.39. The lowest BCUT2D eigenvalue weighted by molar-refractivity contribution is -0.143. The van der Waals surface area contributed by atoms with E-state index < -0.39 is 24.0 Å². The largest absolute Gasteiger partial charge is 0.467 e. The Morgan fingerprint density at radius 3 is 2.53 bits per heavy atom. The summed E-state index contributed by atoms with van der Waals surface area (Å²) in [5, 5.41) is 13.7. The maximum atomic E-state index is 13.1. The Bertz CT molecular complexity index is 1250. The summed E-state index contributed by atoms with van der Waals surface area (Å²) in [4.78, 5) is 50.2. The highest BCUT2D eigenvalue weighted by atomic mass is 32.1. The Morgan fingerprint density at radius 2 is 1.95 bits per heavy atom. The fourth-order valence-electron chi connectivity index (χ4n) is 4.13. The molecule has 3 rings (SSSR count). The van der Waals surface area contributed by atoms with Crippen molar-refractivity contribution >= 4 is 53.4 Å². The van der Waals surface area contributed by atoms with Crippen LogP contribution in [0, 0.1) is 5.41 Å². The number of esters is 1. The fourth-order valence-corrected chi connectivity index (χ4v) is 4.43. The quantitative estimate of drug-likeness (QED) is 0.181. The topological polar surface area (TPSA) is 167 Å². The highest BCUT2D eigenvalue weighted by Gasteiger charge is 2.40. The van der Waals surface area contributed by atoms with Crippen LogP contribution in [0.2, 0.25) is 0 Å². The number of benzene rings is 1. The summed E-state index contributed by atoms with van der Waals surface area (Å²) in [6.45, 7) is 1.99. The van der Waals surface area contributed by atoms with Crippen LogP contribution in [0.1, 0.15) is 40.6 Å². The van der Waals surface area contributed by atoms with Crippen molar-refractivity contribution in [3.8, 4) is 0 Å². The molecule has 12 nitrogen and oxygen atoms in total. The smallest absolute Gasteiger partial charge is 0.330 e. The number of carbonyl (C=O) groups is 3. The molecule has 1 aromatic heterocycles. The van der Waals surface area contributed by atoms with Gasteiger partial charge >= 0.3 is 5.97 Å². The number of piperidine rings is 1. The van der Waals surface area contributed by atoms with Gasteiger partial charge in [0.25, 0.3) is 11.8 Å². The van der Waals surface area contributed by atoms with Crippen molar-refractivity contribution in [2.75, 3.05) is 42.9 Å². The van der Waals surface area contributed by atoms with Crippen LogP contribution in [-0.4, -0.2) is 73.3 Å². The minimum absolute atomic E-state index is 0.0215. The van der Waals surface area contributed by atoms with Gasteiger partial charge in [-0.2, -0.15) is 0 Å². The molecular weight excluding hydrogens is 508 g/mol. The zero-order chi connectivity index (χ0) is 28.0. The number of ether oxygens (including phenoxy) is 1. The number of methoxy groups -OCH3 is 1. The van der Waals surface area contributed by atoms with Gasteiger partial charge in [-0.25, -0.2) is 14.8 Å². The van der Waals surface area contributed by atoms with Crippen molar-refractivity contribution in [1.82, 2.24) is 15.3 Å². The van der Waals surface area contributed by atoms with E-state index in [2.05, 4.69) is 33.2 Å². The molecule has 1 aromatic carbocycles. The molecule has 2 heterocycles. The molecule has 13 heteroatoms. The van der Waals surface area contributed by atoms with E-state index in [1.807, 2.05) is 31.1 Å². The standard InChI is InChI=1S/C25H32N8O4S/c1-14(26)12-19(38)31-23-20(22(27)34)28-13-18(30-23)33-11-5-6-17(21(33)25(36)37-4)29-24(35)15-7-9-16(10-8-15)32(2)3/h7-10,12-13,17,21,26,38H,5-6,11H2,1-4H3,(H2,27,34)(H,29,35)(H,30,31)/b19-12-,26-14?. The first-order valence-corrected chi connectivity index (χ1v) is 12.3. The Labute approximate surface area is 226 Å². The summed E-state index contributed by atoms with van der Waals surface area (Å²) in [6.07, 6.45) is 3.95. The van der Waals surface area contributed by atoms with Gasteiger partial charge in [0.05, 0.1) is 24.4 Å². The second-order valence-corrected chi connectivity index (χ2v) is 9.43. The van der Waals surface area contributed by atoms with Crippen molar-refractivity contribution in [3.05, 3.63) is 52.8 Å². The number of nitrogens with zero attached hydrogens (tertiary/aromatic N) is 4. The summed E-state index contributed by atoms with van der Waals surface area (Å²) in [7, 11) is 5.10. The second kappa shape index (κ2) is 12.4. The van der Waals surface area contributed by atoms with Crippen molar-refractivity contribution in [3.63, 3.8) is 0 Å². The van der Waals surface area contributed by atoms with E-state index in [4.69, 9.17) is 15.9 Å². The number of hydrogen-bond acceptors (Lipinski definition) is 11. The van der Waals surface area contributed by atoms with Crippen LogP contribution in [0.5, 0.6) is 0 Å². The van der Waals surface area contributed by atoms with E-state index in [1.54, 1.807) is 24.0 Å². The minimum Gasteiger partial charge on any atom is -0.467 e. The molecule has 2 atom stereocenters. The first-order chi connectivity index (χ1) is 18.0. The highest BCUT2D eigenvalue weighted by molar-refractivity contribution is 7.84. The van der Waals surface area contributed by atoms with Crippen LogP contribution in [0.3, 0.4) is 0 Å². The van der Waals surface area contributed by atoms with Crippen molar-refractivity contribution in [2.45, 2.75) is 31.8 Å². The number of hydrogen-bond donors (Lipinski definition) is 5. The Hall–Kier alpha value is -4.13. The molecule has 1 aliphatic rings. The number of nitrogens with one attached hydrogen (secondary N) is 3. The van der Waals surface area contributed by atoms with Gasteiger partial charge in [-0.15, -0.1) is 12.6 Å². The third kappa shape index (κ3) is 6.79. The Balaban J connectivity index is 1.92. The molecule has 38 heavy (non-hydrogen) atoms. The zero-order valence-electron chi connectivity index (χ0n) is 21.7. The van der Waals surface area contributed by atoms with Gasteiger partial charge in [0.15, 0.2) is 11.5 Å². The molecule has 0 spiro atoms. The first kappa shape index (κ1) is 28.4. The van der Waals surface area contributed by atoms with E-state index >= 15 is 0 Å². The number of amides is 2. The monoisotopic (exact) mass is 540 g/mol. The van der Waals surface area contributed by atoms with E-state index in [-0.39, 0.29) is 34.0 Å². The van der Waals surface area contributed by atoms with E-state index in [1.165, 1.54) is 19.4 Å². The number of thiol groups is 1. The molecule has 2 amide bonds. The zero-order valence-corrected chi connectivity index (χ0v) is 22.6. The van der Waals surface area contributed by atoms with Crippen LogP contribution in [0.15, 0.2) is 41.6 Å². The van der Waals surface area contributed by atoms with Crippen LogP contribution in [0.25, 0.3) is 0 Å². The van der Waals surface area contributed by atoms with Crippen molar-refractivity contribution < 1.29 is 19.1 Å². The molecule has 0 radical (unpaired) electrons. The van der Waals surface area contributed by atoms with Crippen molar-refractivity contribution in [1.29, 1.82) is 5.41 Å². The van der Waals surface area contributed by atoms with Gasteiger partial charge in [-0.1, -0.05) is 0 Å². The summed E-state index contributed by atoms with van der Waals surface area (Å²) < 4.78 is 5.08. The Morgan fingerprint density at radius 1 is 1.26 bits per heavy atom. The number of nitrogens with two attached hydrogens (primary N) is 1. The molecule has 1 fully saturated rings. The second-order valence-electron chi connectivity index (χ2n) is 8.95. The fraction of sp³-hybridized carbons (Fsp3) is 0.360. The van der Waals surface area contributed by atoms with E-state index in [0.717, 1.165) is 5.69 Å². The molecule has 0 aliphatic carbocycles. The number of rotatable bonds is 9. The van der Waals surface area contributed by atoms with Crippen molar-refractivity contribution in [2.24, 2.45) is 5.73 Å². The van der Waals surface area contributed by atoms with E-state index in [0.29, 0.717) is 24.9 Å². The number of aromatic nitrogens is 2. The van der Waals surface area contributed by atoms with Gasteiger partial charge < -0.3 is 36.3 Å². The molecule has 5 N–H and O–H groups in total. The van der Waals surface area contributed by atoms with Gasteiger partial charge in [0.2, 0.25) is 0 Å². The molecule has 2 unspecified atom stereocenters. The first-order valence-electron chi connectivity index (χ1n) is 11.8. The predicted molar refractivity (Wildman–Crippen MR) is 149 cm³/mol. The van der Waals surface area contributed by atoms with Gasteiger partial charge in [0.1, 0.15) is 11.9 Å². The van der Waals surface area contributed by atoms with Gasteiger partial charge in [0, 0.05) is 37.6 Å². The SMILES string of the molecule is COC(=O)C1C(NC(=O)c2ccc(N(C)C)cc2)CCCN1c1cnc(C(N)=O)c(N/C(S)=C/C(C)=N)n1. The lowest BCUT2D eigenvalue weighted by Crippen LogP contribution is -2.59. The van der Waals surface area contributed by atoms with Crippen LogP contribution in [-0.2, 0) is 9.53 Å². The molecule has 2 aromatic rings. The lowest BCUT2D eigenvalue weighted by Gasteiger charge is -2.40. The van der Waals surface area contributed by atoms with E-state index in [9.17, 15) is 14.4 Å². The number of carbonyl (C=O) groups excluding carboxylic acids is 3. The number of primary amides is 1. The normalized spacial score (nSPS) is 17.4. The highest BCUT2D eigenvalue weighted by Crippen LogP contribution is 2.27. The van der Waals surface area contributed by atoms with Crippen LogP contribution < -0.4 is 26.2 Å². The number of anilines is 3. The summed E-state index contributed by atoms with van der Waals surface area (Å²) in [6, 6.07) is 5.66. The molecule has 202 valence electrons. The predicted octanol–water partition coefficient (Wildman–Crippen LogP) is 1.80. The lowest BCUT2D eigenvalue weighted by atomic mass is 9.95. The summed E-state index contributed by atoms with van der Waals surface area (Å²) in [5.41, 5.74) is 6.98. The average Bonchev–Trinajstić information content (AvgIpc) is 2.87. The maximum absolute atomic E-state index is 13.1. The Kier molecular flexibility index (Phi) is 9.29. The molecule has 1 aliphatic heterocycles. The molecule has 1 saturated heterocycles. The molecule has 0 saturated carbocycles.